The summed E-state index contributed by atoms with van der Waals surface area (Å²) >= 11 is 0. The van der Waals surface area contributed by atoms with Crippen molar-refractivity contribution in [1.29, 1.82) is 0 Å². The molecule has 0 unspecified atom stereocenters. The number of nitrogens with zero attached hydrogens (tertiary/aromatic N) is 4. The Kier molecular flexibility index (Phi) is 5.10. The minimum atomic E-state index is 0.655. The van der Waals surface area contributed by atoms with E-state index < -0.39 is 0 Å². The fourth-order valence-electron chi connectivity index (χ4n) is 5.71. The molecular weight excluding hydrogens is 488 g/mol. The molecule has 0 fully saturated rings. The zero-order valence-corrected chi connectivity index (χ0v) is 21.6. The number of hydrogen-bond donors (Lipinski definition) is 0. The molecule has 4 nitrogen and oxygen atoms in total. The quantitative estimate of drug-likeness (QED) is 0.236. The third-order valence-electron chi connectivity index (χ3n) is 7.61. The van der Waals surface area contributed by atoms with Crippen molar-refractivity contribution in [2.75, 3.05) is 0 Å². The predicted octanol–water partition coefficient (Wildman–Crippen LogP) is 8.85. The maximum atomic E-state index is 5.26. The van der Waals surface area contributed by atoms with Crippen molar-refractivity contribution >= 4 is 32.8 Å². The smallest absolute Gasteiger partial charge is 0.237 e. The first-order chi connectivity index (χ1) is 19.8. The number of aromatic nitrogens is 4. The minimum Gasteiger partial charge on any atom is -0.301 e. The second kappa shape index (κ2) is 9.07. The number of rotatable bonds is 4. The molecule has 8 rings (SSSR count). The summed E-state index contributed by atoms with van der Waals surface area (Å²) in [6.07, 6.45) is 2.09. The van der Waals surface area contributed by atoms with Crippen molar-refractivity contribution in [2.45, 2.75) is 0 Å². The number of hydrogen-bond acceptors (Lipinski definition) is 2. The molecule has 0 saturated heterocycles. The summed E-state index contributed by atoms with van der Waals surface area (Å²) in [5.74, 6) is 0.655. The van der Waals surface area contributed by atoms with Crippen LogP contribution in [0.4, 0.5) is 0 Å². The Bertz CT molecular complexity index is 2080. The summed E-state index contributed by atoms with van der Waals surface area (Å²) in [5.41, 5.74) is 8.46. The van der Waals surface area contributed by atoms with Crippen LogP contribution >= 0.6 is 0 Å². The lowest BCUT2D eigenvalue weighted by Crippen LogP contribution is -2.05. The van der Waals surface area contributed by atoms with Gasteiger partial charge < -0.3 is 4.57 Å². The fourth-order valence-corrected chi connectivity index (χ4v) is 5.71. The summed E-state index contributed by atoms with van der Waals surface area (Å²) in [4.78, 5) is 10.5. The Morgan fingerprint density at radius 3 is 1.65 bits per heavy atom. The van der Waals surface area contributed by atoms with Crippen LogP contribution in [-0.4, -0.2) is 19.1 Å². The van der Waals surface area contributed by atoms with E-state index in [-0.39, 0.29) is 0 Å². The van der Waals surface area contributed by atoms with Crippen molar-refractivity contribution in [3.05, 3.63) is 146 Å². The van der Waals surface area contributed by atoms with E-state index in [4.69, 9.17) is 9.97 Å². The van der Waals surface area contributed by atoms with Gasteiger partial charge >= 0.3 is 0 Å². The normalized spacial score (nSPS) is 11.5. The van der Waals surface area contributed by atoms with Crippen LogP contribution in [0.2, 0.25) is 0 Å². The lowest BCUT2D eigenvalue weighted by molar-refractivity contribution is 0.988. The van der Waals surface area contributed by atoms with Crippen LogP contribution in [0.1, 0.15) is 0 Å². The molecular formula is C36H24N4. The molecule has 0 aliphatic heterocycles. The highest BCUT2D eigenvalue weighted by molar-refractivity contribution is 6.09. The first kappa shape index (κ1) is 22.5. The minimum absolute atomic E-state index is 0.655. The molecule has 0 aliphatic carbocycles. The standard InChI is InChI=1S/C36H24N4/c1-3-11-25(12-4-1)26-19-21-27(22-20-26)34-31-23-24-39(28-13-5-2-6-14-28)35(31)38-36(37-34)40-32-17-9-7-15-29(32)30-16-8-10-18-33(30)40/h1-24H. The zero-order chi connectivity index (χ0) is 26.5. The number of fused-ring (bicyclic) bond motifs is 4. The highest BCUT2D eigenvalue weighted by atomic mass is 15.2. The van der Waals surface area contributed by atoms with E-state index in [0.29, 0.717) is 5.95 Å². The molecule has 3 heterocycles. The van der Waals surface area contributed by atoms with E-state index in [0.717, 1.165) is 39.0 Å². The van der Waals surface area contributed by atoms with E-state index >= 15 is 0 Å². The third-order valence-corrected chi connectivity index (χ3v) is 7.61. The topological polar surface area (TPSA) is 35.6 Å². The monoisotopic (exact) mass is 512 g/mol. The van der Waals surface area contributed by atoms with Gasteiger partial charge in [0.05, 0.1) is 16.7 Å². The van der Waals surface area contributed by atoms with Gasteiger partial charge in [-0.25, -0.2) is 4.98 Å². The Morgan fingerprint density at radius 2 is 0.975 bits per heavy atom. The van der Waals surface area contributed by atoms with Crippen LogP contribution in [0.5, 0.6) is 0 Å². The molecule has 0 amide bonds. The van der Waals surface area contributed by atoms with Gasteiger partial charge in [0.15, 0.2) is 5.65 Å². The van der Waals surface area contributed by atoms with Crippen LogP contribution < -0.4 is 0 Å². The molecule has 40 heavy (non-hydrogen) atoms. The first-order valence-corrected chi connectivity index (χ1v) is 13.4. The van der Waals surface area contributed by atoms with E-state index in [1.165, 1.54) is 21.9 Å². The van der Waals surface area contributed by atoms with Crippen molar-refractivity contribution in [3.8, 4) is 34.0 Å². The van der Waals surface area contributed by atoms with Crippen LogP contribution in [-0.2, 0) is 0 Å². The molecule has 0 radical (unpaired) electrons. The largest absolute Gasteiger partial charge is 0.301 e. The van der Waals surface area contributed by atoms with Gasteiger partial charge in [0.1, 0.15) is 0 Å². The van der Waals surface area contributed by atoms with Crippen molar-refractivity contribution in [2.24, 2.45) is 0 Å². The van der Waals surface area contributed by atoms with Crippen LogP contribution in [0.3, 0.4) is 0 Å². The highest BCUT2D eigenvalue weighted by Gasteiger charge is 2.19. The molecule has 5 aromatic carbocycles. The van der Waals surface area contributed by atoms with Crippen LogP contribution in [0, 0.1) is 0 Å². The lowest BCUT2D eigenvalue weighted by atomic mass is 10.0. The first-order valence-electron chi connectivity index (χ1n) is 13.4. The molecule has 8 aromatic rings. The van der Waals surface area contributed by atoms with E-state index in [9.17, 15) is 0 Å². The Balaban J connectivity index is 1.41. The summed E-state index contributed by atoms with van der Waals surface area (Å²) in [5, 5.41) is 3.39. The average molecular weight is 513 g/mol. The molecule has 0 atom stereocenters. The van der Waals surface area contributed by atoms with Gasteiger partial charge in [-0.15, -0.1) is 0 Å². The van der Waals surface area contributed by atoms with Gasteiger partial charge in [-0.05, 0) is 41.5 Å². The van der Waals surface area contributed by atoms with Crippen molar-refractivity contribution in [3.63, 3.8) is 0 Å². The second-order valence-electron chi connectivity index (χ2n) is 9.94. The molecule has 4 heteroatoms. The van der Waals surface area contributed by atoms with Gasteiger partial charge in [0.25, 0.3) is 0 Å². The summed E-state index contributed by atoms with van der Waals surface area (Å²) in [6.45, 7) is 0. The molecule has 188 valence electrons. The van der Waals surface area contributed by atoms with Gasteiger partial charge in [0, 0.05) is 33.6 Å². The Hall–Kier alpha value is -5.48. The van der Waals surface area contributed by atoms with Crippen LogP contribution in [0.15, 0.2) is 146 Å². The van der Waals surface area contributed by atoms with E-state index in [1.807, 2.05) is 12.1 Å². The van der Waals surface area contributed by atoms with Gasteiger partial charge in [-0.1, -0.05) is 109 Å². The third kappa shape index (κ3) is 3.54. The fraction of sp³-hybridized carbons (Fsp3) is 0. The van der Waals surface area contributed by atoms with E-state index in [2.05, 4.69) is 143 Å². The molecule has 0 spiro atoms. The van der Waals surface area contributed by atoms with Gasteiger partial charge in [-0.3, -0.25) is 4.57 Å². The molecule has 0 N–H and O–H groups in total. The summed E-state index contributed by atoms with van der Waals surface area (Å²) in [7, 11) is 0. The van der Waals surface area contributed by atoms with E-state index in [1.54, 1.807) is 0 Å². The summed E-state index contributed by atoms with van der Waals surface area (Å²) < 4.78 is 4.34. The molecule has 0 saturated carbocycles. The molecule has 3 aromatic heterocycles. The van der Waals surface area contributed by atoms with Crippen molar-refractivity contribution < 1.29 is 0 Å². The predicted molar refractivity (Wildman–Crippen MR) is 164 cm³/mol. The SMILES string of the molecule is c1ccc(-c2ccc(-c3nc(-n4c5ccccc5c5ccccc54)nc4c3ccn4-c3ccccc3)cc2)cc1. The van der Waals surface area contributed by atoms with Crippen LogP contribution in [0.25, 0.3) is 66.9 Å². The Morgan fingerprint density at radius 1 is 0.425 bits per heavy atom. The lowest BCUT2D eigenvalue weighted by Gasteiger charge is -2.12. The van der Waals surface area contributed by atoms with Gasteiger partial charge in [0.2, 0.25) is 5.95 Å². The zero-order valence-electron chi connectivity index (χ0n) is 21.6. The molecule has 0 aliphatic rings. The average Bonchev–Trinajstić information content (AvgIpc) is 3.61. The second-order valence-corrected chi connectivity index (χ2v) is 9.94. The summed E-state index contributed by atoms with van der Waals surface area (Å²) in [6, 6.07) is 48.6. The van der Waals surface area contributed by atoms with Crippen molar-refractivity contribution in [1.82, 2.24) is 19.1 Å². The number of para-hydroxylation sites is 3. The number of benzene rings is 5. The highest BCUT2D eigenvalue weighted by Crippen LogP contribution is 2.35. The maximum absolute atomic E-state index is 5.26. The molecule has 0 bridgehead atoms. The Labute approximate surface area is 231 Å². The maximum Gasteiger partial charge on any atom is 0.237 e. The van der Waals surface area contributed by atoms with Gasteiger partial charge in [-0.2, -0.15) is 4.98 Å².